The fourth-order valence-corrected chi connectivity index (χ4v) is 1.97. The summed E-state index contributed by atoms with van der Waals surface area (Å²) in [6.45, 7) is 4.11. The number of nitrogens with one attached hydrogen (secondary N) is 1. The van der Waals surface area contributed by atoms with E-state index in [0.29, 0.717) is 0 Å². The van der Waals surface area contributed by atoms with Gasteiger partial charge in [-0.05, 0) is 45.2 Å². The molecule has 4 nitrogen and oxygen atoms in total. The lowest BCUT2D eigenvalue weighted by Crippen LogP contribution is -2.14. The molecule has 0 radical (unpaired) electrons. The number of hydrogen-bond acceptors (Lipinski definition) is 3. The summed E-state index contributed by atoms with van der Waals surface area (Å²) < 4.78 is 2.91. The highest BCUT2D eigenvalue weighted by Crippen LogP contribution is 2.18. The summed E-state index contributed by atoms with van der Waals surface area (Å²) >= 11 is 3.42. The average Bonchev–Trinajstić information content (AvgIpc) is 2.71. The van der Waals surface area contributed by atoms with Crippen LogP contribution in [0, 0.1) is 6.92 Å². The highest BCUT2D eigenvalue weighted by atomic mass is 79.9. The van der Waals surface area contributed by atoms with Crippen LogP contribution in [0.5, 0.6) is 0 Å². The minimum atomic E-state index is 0.208. The van der Waals surface area contributed by atoms with Gasteiger partial charge in [-0.3, -0.25) is 0 Å². The first-order valence-electron chi connectivity index (χ1n) is 5.49. The summed E-state index contributed by atoms with van der Waals surface area (Å²) in [7, 11) is 1.92. The molecule has 2 rings (SSSR count). The molecule has 17 heavy (non-hydrogen) atoms. The van der Waals surface area contributed by atoms with E-state index in [9.17, 15) is 0 Å². The number of rotatable bonds is 3. The normalized spacial score (nSPS) is 12.7. The number of aromatic nitrogens is 3. The second-order valence-corrected chi connectivity index (χ2v) is 4.87. The quantitative estimate of drug-likeness (QED) is 0.946. The predicted octanol–water partition coefficient (Wildman–Crippen LogP) is 2.62. The molecular weight excluding hydrogens is 280 g/mol. The second kappa shape index (κ2) is 4.98. The predicted molar refractivity (Wildman–Crippen MR) is 71.3 cm³/mol. The van der Waals surface area contributed by atoms with Crippen LogP contribution < -0.4 is 5.32 Å². The zero-order valence-electron chi connectivity index (χ0n) is 10.1. The molecule has 0 saturated carbocycles. The summed E-state index contributed by atoms with van der Waals surface area (Å²) in [6.07, 6.45) is 0. The van der Waals surface area contributed by atoms with Gasteiger partial charge in [0.05, 0.1) is 17.4 Å². The second-order valence-electron chi connectivity index (χ2n) is 3.96. The van der Waals surface area contributed by atoms with E-state index in [4.69, 9.17) is 0 Å². The molecule has 1 N–H and O–H groups in total. The first-order valence-corrected chi connectivity index (χ1v) is 6.28. The summed E-state index contributed by atoms with van der Waals surface area (Å²) in [5.74, 6) is 0. The standard InChI is InChI=1S/C12H15BrN4/c1-8(14-3)12-9(2)17(16-15-12)11-6-4-10(13)5-7-11/h4-8,14H,1-3H3. The Hall–Kier alpha value is -1.20. The summed E-state index contributed by atoms with van der Waals surface area (Å²) in [6, 6.07) is 8.23. The first kappa shape index (κ1) is 12.3. The molecule has 0 aliphatic rings. The molecule has 0 saturated heterocycles. The SMILES string of the molecule is CNC(C)c1nnn(-c2ccc(Br)cc2)c1C. The Kier molecular flexibility index (Phi) is 3.59. The molecule has 0 bridgehead atoms. The van der Waals surface area contributed by atoms with Gasteiger partial charge in [-0.2, -0.15) is 0 Å². The topological polar surface area (TPSA) is 42.7 Å². The summed E-state index contributed by atoms with van der Waals surface area (Å²) in [5.41, 5.74) is 3.07. The number of hydrogen-bond donors (Lipinski definition) is 1. The highest BCUT2D eigenvalue weighted by Gasteiger charge is 2.14. The highest BCUT2D eigenvalue weighted by molar-refractivity contribution is 9.10. The van der Waals surface area contributed by atoms with Crippen LogP contribution in [0.3, 0.4) is 0 Å². The van der Waals surface area contributed by atoms with Crippen molar-refractivity contribution in [3.63, 3.8) is 0 Å². The fourth-order valence-electron chi connectivity index (χ4n) is 1.71. The maximum Gasteiger partial charge on any atom is 0.103 e. The average molecular weight is 295 g/mol. The van der Waals surface area contributed by atoms with Gasteiger partial charge in [0.25, 0.3) is 0 Å². The maximum atomic E-state index is 4.22. The van der Waals surface area contributed by atoms with Gasteiger partial charge in [-0.1, -0.05) is 21.1 Å². The van der Waals surface area contributed by atoms with Gasteiger partial charge in [0.15, 0.2) is 0 Å². The van der Waals surface area contributed by atoms with Crippen molar-refractivity contribution < 1.29 is 0 Å². The fraction of sp³-hybridized carbons (Fsp3) is 0.333. The third-order valence-electron chi connectivity index (χ3n) is 2.84. The largest absolute Gasteiger partial charge is 0.312 e. The van der Waals surface area contributed by atoms with E-state index >= 15 is 0 Å². The van der Waals surface area contributed by atoms with Crippen LogP contribution in [0.2, 0.25) is 0 Å². The van der Waals surface area contributed by atoms with Crippen LogP contribution in [-0.4, -0.2) is 22.0 Å². The minimum absolute atomic E-state index is 0.208. The molecule has 0 amide bonds. The Morgan fingerprint density at radius 2 is 1.94 bits per heavy atom. The van der Waals surface area contributed by atoms with E-state index in [1.807, 2.05) is 42.9 Å². The number of benzene rings is 1. The smallest absolute Gasteiger partial charge is 0.103 e. The molecule has 90 valence electrons. The van der Waals surface area contributed by atoms with E-state index in [2.05, 4.69) is 38.5 Å². The molecule has 1 unspecified atom stereocenters. The molecule has 1 heterocycles. The van der Waals surface area contributed by atoms with Crippen LogP contribution in [0.15, 0.2) is 28.7 Å². The Morgan fingerprint density at radius 3 is 2.53 bits per heavy atom. The van der Waals surface area contributed by atoms with Crippen molar-refractivity contribution in [3.05, 3.63) is 40.1 Å². The van der Waals surface area contributed by atoms with Crippen LogP contribution in [0.4, 0.5) is 0 Å². The van der Waals surface area contributed by atoms with Crippen LogP contribution in [0.25, 0.3) is 5.69 Å². The van der Waals surface area contributed by atoms with Gasteiger partial charge < -0.3 is 5.32 Å². The Labute approximate surface area is 109 Å². The van der Waals surface area contributed by atoms with E-state index in [1.54, 1.807) is 0 Å². The molecule has 1 aromatic carbocycles. The first-order chi connectivity index (χ1) is 8.13. The number of nitrogens with zero attached hydrogens (tertiary/aromatic N) is 3. The van der Waals surface area contributed by atoms with Gasteiger partial charge in [0, 0.05) is 4.47 Å². The van der Waals surface area contributed by atoms with Gasteiger partial charge >= 0.3 is 0 Å². The van der Waals surface area contributed by atoms with Crippen LogP contribution in [0.1, 0.15) is 24.4 Å². The number of halogens is 1. The molecular formula is C12H15BrN4. The van der Waals surface area contributed by atoms with Gasteiger partial charge in [0.2, 0.25) is 0 Å². The van der Waals surface area contributed by atoms with Crippen molar-refractivity contribution in [2.45, 2.75) is 19.9 Å². The van der Waals surface area contributed by atoms with Crippen LogP contribution >= 0.6 is 15.9 Å². The lowest BCUT2D eigenvalue weighted by atomic mass is 10.2. The van der Waals surface area contributed by atoms with Crippen molar-refractivity contribution >= 4 is 15.9 Å². The van der Waals surface area contributed by atoms with Crippen molar-refractivity contribution in [1.82, 2.24) is 20.3 Å². The molecule has 5 heteroatoms. The van der Waals surface area contributed by atoms with Crippen LogP contribution in [-0.2, 0) is 0 Å². The Morgan fingerprint density at radius 1 is 1.29 bits per heavy atom. The zero-order valence-corrected chi connectivity index (χ0v) is 11.7. The van der Waals surface area contributed by atoms with Gasteiger partial charge in [-0.25, -0.2) is 4.68 Å². The van der Waals surface area contributed by atoms with Crippen molar-refractivity contribution in [1.29, 1.82) is 0 Å². The molecule has 0 fully saturated rings. The third-order valence-corrected chi connectivity index (χ3v) is 3.37. The summed E-state index contributed by atoms with van der Waals surface area (Å²) in [4.78, 5) is 0. The molecule has 1 aromatic heterocycles. The van der Waals surface area contributed by atoms with E-state index < -0.39 is 0 Å². The van der Waals surface area contributed by atoms with E-state index in [0.717, 1.165) is 21.5 Å². The monoisotopic (exact) mass is 294 g/mol. The molecule has 1 atom stereocenters. The van der Waals surface area contributed by atoms with E-state index in [-0.39, 0.29) is 6.04 Å². The summed E-state index contributed by atoms with van der Waals surface area (Å²) in [5, 5.41) is 11.6. The van der Waals surface area contributed by atoms with E-state index in [1.165, 1.54) is 0 Å². The maximum absolute atomic E-state index is 4.22. The third kappa shape index (κ3) is 2.40. The lowest BCUT2D eigenvalue weighted by Gasteiger charge is -2.08. The molecule has 0 aliphatic carbocycles. The van der Waals surface area contributed by atoms with Gasteiger partial charge in [0.1, 0.15) is 5.69 Å². The van der Waals surface area contributed by atoms with Crippen molar-refractivity contribution in [2.75, 3.05) is 7.05 Å². The zero-order chi connectivity index (χ0) is 12.4. The van der Waals surface area contributed by atoms with Gasteiger partial charge in [-0.15, -0.1) is 5.10 Å². The minimum Gasteiger partial charge on any atom is -0.312 e. The Balaban J connectivity index is 2.40. The molecule has 0 aliphatic heterocycles. The lowest BCUT2D eigenvalue weighted by molar-refractivity contribution is 0.627. The molecule has 0 spiro atoms. The Bertz CT molecular complexity index is 504. The van der Waals surface area contributed by atoms with Crippen molar-refractivity contribution in [2.24, 2.45) is 0 Å². The van der Waals surface area contributed by atoms with Crippen molar-refractivity contribution in [3.8, 4) is 5.69 Å². The molecule has 2 aromatic rings.